The third-order valence-corrected chi connectivity index (χ3v) is 8.46. The lowest BCUT2D eigenvalue weighted by Crippen LogP contribution is -2.31. The largest absolute Gasteiger partial charge is 0.497 e. The summed E-state index contributed by atoms with van der Waals surface area (Å²) in [6.07, 6.45) is 1.85. The van der Waals surface area contributed by atoms with Crippen LogP contribution in [0.1, 0.15) is 37.6 Å². The van der Waals surface area contributed by atoms with Crippen molar-refractivity contribution in [3.8, 4) is 11.5 Å². The Morgan fingerprint density at radius 1 is 1.24 bits per heavy atom. The van der Waals surface area contributed by atoms with Gasteiger partial charge in [0.15, 0.2) is 5.16 Å². The summed E-state index contributed by atoms with van der Waals surface area (Å²) in [4.78, 5) is 24.7. The highest BCUT2D eigenvalue weighted by Gasteiger charge is 2.31. The molecule has 2 aromatic heterocycles. The second-order valence-corrected chi connectivity index (χ2v) is 11.6. The molecule has 0 bridgehead atoms. The number of methoxy groups -OCH3 is 2. The highest BCUT2D eigenvalue weighted by Crippen LogP contribution is 2.42. The van der Waals surface area contributed by atoms with Crippen LogP contribution in [-0.4, -0.2) is 47.2 Å². The monoisotopic (exact) mass is 519 g/mol. The minimum absolute atomic E-state index is 0.129. The van der Waals surface area contributed by atoms with Crippen molar-refractivity contribution in [2.45, 2.75) is 56.0 Å². The normalized spacial score (nSPS) is 14.6. The summed E-state index contributed by atoms with van der Waals surface area (Å²) in [5, 5.41) is 5.62. The number of benzene rings is 1. The third kappa shape index (κ3) is 5.62. The maximum absolute atomic E-state index is 12.8. The average molecular weight is 520 g/mol. The van der Waals surface area contributed by atoms with Gasteiger partial charge in [-0.15, -0.1) is 11.3 Å². The van der Waals surface area contributed by atoms with Crippen molar-refractivity contribution in [1.82, 2.24) is 9.97 Å². The number of nitrogens with one attached hydrogen (secondary N) is 1. The van der Waals surface area contributed by atoms with Crippen molar-refractivity contribution in [2.24, 2.45) is 0 Å². The number of anilines is 1. The molecule has 0 atom stereocenters. The van der Waals surface area contributed by atoms with Gasteiger partial charge in [0.2, 0.25) is 5.91 Å². The number of hydrogen-bond donors (Lipinski definition) is 1. The summed E-state index contributed by atoms with van der Waals surface area (Å²) in [6.45, 7) is 6.94. The minimum Gasteiger partial charge on any atom is -0.497 e. The number of fused-ring (bicyclic) bond motifs is 3. The maximum atomic E-state index is 12.8. The number of amides is 1. The van der Waals surface area contributed by atoms with Gasteiger partial charge in [-0.1, -0.05) is 30.4 Å². The van der Waals surface area contributed by atoms with Gasteiger partial charge >= 0.3 is 0 Å². The molecular formula is C24H29N3O4S3. The molecule has 10 heteroatoms. The number of nitrogens with zero attached hydrogens (tertiary/aromatic N) is 2. The first kappa shape index (κ1) is 25.1. The Kier molecular flexibility index (Phi) is 7.91. The molecule has 1 aliphatic heterocycles. The molecule has 0 radical (unpaired) electrons. The molecular weight excluding hydrogens is 490 g/mol. The zero-order chi connectivity index (χ0) is 24.3. The Bertz CT molecular complexity index is 1200. The van der Waals surface area contributed by atoms with E-state index in [0.29, 0.717) is 23.8 Å². The van der Waals surface area contributed by atoms with Crippen LogP contribution in [0.3, 0.4) is 0 Å². The van der Waals surface area contributed by atoms with Crippen LogP contribution in [0.25, 0.3) is 10.2 Å². The van der Waals surface area contributed by atoms with Gasteiger partial charge in [-0.2, -0.15) is 0 Å². The first-order valence-electron chi connectivity index (χ1n) is 11.1. The molecule has 1 amide bonds. The van der Waals surface area contributed by atoms with Gasteiger partial charge in [0.25, 0.3) is 0 Å². The van der Waals surface area contributed by atoms with E-state index in [0.717, 1.165) is 39.0 Å². The summed E-state index contributed by atoms with van der Waals surface area (Å²) in [5.74, 6) is 2.27. The van der Waals surface area contributed by atoms with Gasteiger partial charge in [-0.25, -0.2) is 9.97 Å². The van der Waals surface area contributed by atoms with Crippen LogP contribution in [0.5, 0.6) is 11.5 Å². The van der Waals surface area contributed by atoms with Crippen LogP contribution in [-0.2, 0) is 22.6 Å². The smallest absolute Gasteiger partial charge is 0.234 e. The van der Waals surface area contributed by atoms with Crippen LogP contribution in [0.15, 0.2) is 28.4 Å². The van der Waals surface area contributed by atoms with Crippen LogP contribution in [0.4, 0.5) is 5.69 Å². The molecule has 3 aromatic rings. The third-order valence-electron chi connectivity index (χ3n) is 5.33. The molecule has 34 heavy (non-hydrogen) atoms. The van der Waals surface area contributed by atoms with Gasteiger partial charge < -0.3 is 19.5 Å². The molecule has 1 aliphatic rings. The van der Waals surface area contributed by atoms with Crippen molar-refractivity contribution in [2.75, 3.05) is 31.0 Å². The number of ether oxygens (including phenoxy) is 3. The minimum atomic E-state index is -0.235. The molecule has 0 fully saturated rings. The fourth-order valence-corrected chi connectivity index (χ4v) is 6.51. The second-order valence-electron chi connectivity index (χ2n) is 8.47. The molecule has 0 spiro atoms. The van der Waals surface area contributed by atoms with Crippen molar-refractivity contribution in [3.05, 3.63) is 28.6 Å². The number of carbonyl (C=O) groups is 1. The topological polar surface area (TPSA) is 82.6 Å². The van der Waals surface area contributed by atoms with Gasteiger partial charge in [-0.05, 0) is 38.0 Å². The van der Waals surface area contributed by atoms with E-state index in [-0.39, 0.29) is 17.3 Å². The van der Waals surface area contributed by atoms with Crippen molar-refractivity contribution >= 4 is 56.7 Å². The lowest BCUT2D eigenvalue weighted by molar-refractivity contribution is -0.113. The van der Waals surface area contributed by atoms with Crippen molar-refractivity contribution in [1.29, 1.82) is 0 Å². The molecule has 4 rings (SSSR count). The van der Waals surface area contributed by atoms with E-state index < -0.39 is 0 Å². The van der Waals surface area contributed by atoms with Crippen LogP contribution < -0.4 is 14.8 Å². The predicted molar refractivity (Wildman–Crippen MR) is 140 cm³/mol. The zero-order valence-corrected chi connectivity index (χ0v) is 22.5. The van der Waals surface area contributed by atoms with E-state index in [1.165, 1.54) is 22.2 Å². The van der Waals surface area contributed by atoms with E-state index in [9.17, 15) is 4.79 Å². The quantitative estimate of drug-likeness (QED) is 0.216. The van der Waals surface area contributed by atoms with Crippen molar-refractivity contribution < 1.29 is 19.0 Å². The number of hydrogen-bond acceptors (Lipinski definition) is 9. The number of aromatic nitrogens is 2. The van der Waals surface area contributed by atoms with Gasteiger partial charge in [0.05, 0.1) is 37.9 Å². The molecule has 182 valence electrons. The second kappa shape index (κ2) is 10.7. The Hall–Kier alpha value is -2.01. The van der Waals surface area contributed by atoms with E-state index in [4.69, 9.17) is 24.2 Å². The maximum Gasteiger partial charge on any atom is 0.234 e. The molecule has 3 heterocycles. The summed E-state index contributed by atoms with van der Waals surface area (Å²) in [5.41, 5.74) is 1.62. The fourth-order valence-electron chi connectivity index (χ4n) is 3.68. The first-order chi connectivity index (χ1) is 16.3. The van der Waals surface area contributed by atoms with E-state index in [1.54, 1.807) is 55.5 Å². The highest BCUT2D eigenvalue weighted by atomic mass is 32.2. The Labute approximate surface area is 212 Å². The van der Waals surface area contributed by atoms with E-state index in [1.807, 2.05) is 0 Å². The Morgan fingerprint density at radius 2 is 2.06 bits per heavy atom. The van der Waals surface area contributed by atoms with Crippen molar-refractivity contribution in [3.63, 3.8) is 0 Å². The summed E-state index contributed by atoms with van der Waals surface area (Å²) >= 11 is 4.77. The lowest BCUT2D eigenvalue weighted by atomic mass is 9.95. The number of thioether (sulfide) groups is 2. The number of thiophene rings is 1. The molecule has 7 nitrogen and oxygen atoms in total. The van der Waals surface area contributed by atoms with Crippen LogP contribution in [0.2, 0.25) is 0 Å². The van der Waals surface area contributed by atoms with Gasteiger partial charge in [0.1, 0.15) is 21.4 Å². The van der Waals surface area contributed by atoms with E-state index >= 15 is 0 Å². The average Bonchev–Trinajstić information content (AvgIpc) is 3.18. The van der Waals surface area contributed by atoms with Gasteiger partial charge in [-0.3, -0.25) is 4.79 Å². The predicted octanol–water partition coefficient (Wildman–Crippen LogP) is 5.79. The number of carbonyl (C=O) groups excluding carboxylic acids is 1. The molecule has 0 saturated heterocycles. The Morgan fingerprint density at radius 3 is 2.79 bits per heavy atom. The summed E-state index contributed by atoms with van der Waals surface area (Å²) in [7, 11) is 3.16. The SMILES string of the molecule is CCCSc1nc(SCC(=O)Nc2ccc(OC)cc2OC)c2c3c(sc2n1)COC(C)(C)C3. The summed E-state index contributed by atoms with van der Waals surface area (Å²) < 4.78 is 16.7. The number of rotatable bonds is 9. The zero-order valence-electron chi connectivity index (χ0n) is 20.0. The van der Waals surface area contributed by atoms with E-state index in [2.05, 4.69) is 26.1 Å². The molecule has 0 saturated carbocycles. The van der Waals surface area contributed by atoms with Crippen LogP contribution in [0, 0.1) is 0 Å². The van der Waals surface area contributed by atoms with Crippen LogP contribution >= 0.6 is 34.9 Å². The highest BCUT2D eigenvalue weighted by molar-refractivity contribution is 8.00. The van der Waals surface area contributed by atoms with Gasteiger partial charge in [0, 0.05) is 28.5 Å². The first-order valence-corrected chi connectivity index (χ1v) is 13.9. The lowest BCUT2D eigenvalue weighted by Gasteiger charge is -2.30. The molecule has 1 N–H and O–H groups in total. The summed E-state index contributed by atoms with van der Waals surface area (Å²) in [6, 6.07) is 5.31. The molecule has 0 aliphatic carbocycles. The fraction of sp³-hybridized carbons (Fsp3) is 0.458. The molecule has 0 unspecified atom stereocenters. The molecule has 1 aromatic carbocycles. The Balaban J connectivity index is 1.59. The standard InChI is InChI=1S/C24H29N3O4S3/c1-6-9-32-23-26-21(20-15-11-24(2,3)31-12-18(15)34-22(20)27-23)33-13-19(28)25-16-8-7-14(29-4)10-17(16)30-5/h7-8,10H,6,9,11-13H2,1-5H3,(H,25,28).